The Bertz CT molecular complexity index is 1310. The Morgan fingerprint density at radius 3 is 2.67 bits per heavy atom. The van der Waals surface area contributed by atoms with Gasteiger partial charge < -0.3 is 25.1 Å². The molecule has 0 unspecified atom stereocenters. The highest BCUT2D eigenvalue weighted by Gasteiger charge is 2.24. The van der Waals surface area contributed by atoms with E-state index < -0.39 is 0 Å². The van der Waals surface area contributed by atoms with Crippen LogP contribution in [-0.2, 0) is 29.0 Å². The molecule has 40 heavy (non-hydrogen) atoms. The maximum Gasteiger partial charge on any atom is 0.327 e. The first-order valence-electron chi connectivity index (χ1n) is 14.4. The fourth-order valence-electron chi connectivity index (χ4n) is 5.35. The molecule has 4 rings (SSSR count). The summed E-state index contributed by atoms with van der Waals surface area (Å²) in [6.45, 7) is 10.1. The molecule has 11 heteroatoms. The van der Waals surface area contributed by atoms with E-state index in [-0.39, 0.29) is 29.9 Å². The molecule has 2 aromatic heterocycles. The number of hydrogen-bond acceptors (Lipinski definition) is 9. The van der Waals surface area contributed by atoms with Crippen molar-refractivity contribution in [2.75, 3.05) is 45.6 Å². The topological polar surface area (TPSA) is 132 Å². The lowest BCUT2D eigenvalue weighted by Gasteiger charge is -2.38. The van der Waals surface area contributed by atoms with E-state index in [4.69, 9.17) is 15.2 Å². The molecule has 0 amide bonds. The minimum Gasteiger partial charge on any atom is -0.469 e. The first-order chi connectivity index (χ1) is 19.4. The lowest BCUT2D eigenvalue weighted by molar-refractivity contribution is -0.139. The van der Waals surface area contributed by atoms with Gasteiger partial charge in [0.25, 0.3) is 0 Å². The van der Waals surface area contributed by atoms with Crippen molar-refractivity contribution < 1.29 is 14.3 Å². The fourth-order valence-corrected chi connectivity index (χ4v) is 5.35. The summed E-state index contributed by atoms with van der Waals surface area (Å²) >= 11 is 0. The number of benzene rings is 1. The Morgan fingerprint density at radius 1 is 1.18 bits per heavy atom. The van der Waals surface area contributed by atoms with Gasteiger partial charge in [0.2, 0.25) is 0 Å². The number of nitrogens with zero attached hydrogens (tertiary/aromatic N) is 5. The third-order valence-electron chi connectivity index (χ3n) is 7.66. The van der Waals surface area contributed by atoms with E-state index in [1.807, 2.05) is 12.1 Å². The first kappa shape index (κ1) is 29.5. The van der Waals surface area contributed by atoms with Crippen LogP contribution in [0.1, 0.15) is 57.1 Å². The Kier molecular flexibility index (Phi) is 10.5. The number of nitrogens with one attached hydrogen (secondary N) is 1. The lowest BCUT2D eigenvalue weighted by Crippen LogP contribution is -2.45. The van der Waals surface area contributed by atoms with Gasteiger partial charge in [-0.3, -0.25) is 14.3 Å². The van der Waals surface area contributed by atoms with Crippen LogP contribution in [-0.4, -0.2) is 81.2 Å². The minimum absolute atomic E-state index is 0.197. The molecule has 3 aromatic rings. The lowest BCUT2D eigenvalue weighted by atomic mass is 10.0. The summed E-state index contributed by atoms with van der Waals surface area (Å²) in [7, 11) is 1.41. The number of anilines is 1. The van der Waals surface area contributed by atoms with Crippen LogP contribution >= 0.6 is 0 Å². The van der Waals surface area contributed by atoms with Crippen LogP contribution in [0.25, 0.3) is 11.2 Å². The SMILES string of the molecule is CCCCOc1nc(N)c2[nH]c(=O)n(CCCN(Cc3cccc(CC(=O)OC)c3)C3CCN(CC)CC3)c2n1. The summed E-state index contributed by atoms with van der Waals surface area (Å²) in [5.74, 6) is -0.0306. The Balaban J connectivity index is 1.49. The van der Waals surface area contributed by atoms with E-state index in [9.17, 15) is 9.59 Å². The van der Waals surface area contributed by atoms with Gasteiger partial charge in [0, 0.05) is 25.7 Å². The molecule has 0 bridgehead atoms. The molecule has 11 nitrogen and oxygen atoms in total. The maximum absolute atomic E-state index is 12.8. The number of aromatic nitrogens is 4. The number of methoxy groups -OCH3 is 1. The summed E-state index contributed by atoms with van der Waals surface area (Å²) in [4.78, 5) is 41.2. The molecule has 0 saturated carbocycles. The summed E-state index contributed by atoms with van der Waals surface area (Å²) in [6.07, 6.45) is 5.11. The number of unbranched alkanes of at least 4 members (excludes halogenated alkanes) is 1. The second-order valence-corrected chi connectivity index (χ2v) is 10.4. The molecule has 3 N–H and O–H groups in total. The number of rotatable bonds is 14. The van der Waals surface area contributed by atoms with E-state index in [0.29, 0.717) is 30.4 Å². The van der Waals surface area contributed by atoms with Gasteiger partial charge in [0.1, 0.15) is 5.52 Å². The Hall–Kier alpha value is -3.44. The number of likely N-dealkylation sites (tertiary alicyclic amines) is 1. The van der Waals surface area contributed by atoms with Crippen LogP contribution in [0.4, 0.5) is 5.82 Å². The normalized spacial score (nSPS) is 14.7. The molecule has 1 fully saturated rings. The highest BCUT2D eigenvalue weighted by molar-refractivity contribution is 5.81. The van der Waals surface area contributed by atoms with Crippen LogP contribution in [0, 0.1) is 0 Å². The van der Waals surface area contributed by atoms with E-state index in [1.165, 1.54) is 7.11 Å². The number of H-pyrrole nitrogens is 1. The number of aromatic amines is 1. The second-order valence-electron chi connectivity index (χ2n) is 10.4. The van der Waals surface area contributed by atoms with Gasteiger partial charge in [-0.05, 0) is 56.4 Å². The zero-order valence-corrected chi connectivity index (χ0v) is 24.0. The molecule has 0 radical (unpaired) electrons. The van der Waals surface area contributed by atoms with E-state index in [2.05, 4.69) is 50.7 Å². The van der Waals surface area contributed by atoms with Crippen LogP contribution in [0.2, 0.25) is 0 Å². The van der Waals surface area contributed by atoms with Crippen LogP contribution in [0.3, 0.4) is 0 Å². The van der Waals surface area contributed by atoms with Gasteiger partial charge in [0.05, 0.1) is 20.1 Å². The number of esters is 1. The van der Waals surface area contributed by atoms with Gasteiger partial charge in [-0.15, -0.1) is 0 Å². The number of nitrogens with two attached hydrogens (primary N) is 1. The third kappa shape index (κ3) is 7.60. The van der Waals surface area contributed by atoms with Crippen molar-refractivity contribution in [3.63, 3.8) is 0 Å². The monoisotopic (exact) mass is 553 g/mol. The van der Waals surface area contributed by atoms with Gasteiger partial charge in [-0.2, -0.15) is 9.97 Å². The molecule has 1 aliphatic heterocycles. The minimum atomic E-state index is -0.250. The number of aryl methyl sites for hydroxylation is 1. The van der Waals surface area contributed by atoms with Gasteiger partial charge in [0.15, 0.2) is 11.5 Å². The molecule has 218 valence electrons. The van der Waals surface area contributed by atoms with Gasteiger partial charge in [-0.25, -0.2) is 4.79 Å². The number of hydrogen-bond donors (Lipinski definition) is 2. The fraction of sp³-hybridized carbons (Fsp3) is 0.586. The predicted molar refractivity (Wildman–Crippen MR) is 155 cm³/mol. The molecule has 0 atom stereocenters. The van der Waals surface area contributed by atoms with Crippen molar-refractivity contribution in [3.05, 3.63) is 45.9 Å². The summed E-state index contributed by atoms with van der Waals surface area (Å²) in [6, 6.07) is 8.81. The number of nitrogen functional groups attached to an aromatic ring is 1. The highest BCUT2D eigenvalue weighted by atomic mass is 16.5. The van der Waals surface area contributed by atoms with Crippen molar-refractivity contribution in [2.24, 2.45) is 0 Å². The predicted octanol–water partition coefficient (Wildman–Crippen LogP) is 2.97. The number of fused-ring (bicyclic) bond motifs is 1. The molecule has 0 aliphatic carbocycles. The molecule has 1 aliphatic rings. The summed E-state index contributed by atoms with van der Waals surface area (Å²) in [5, 5.41) is 0. The van der Waals surface area contributed by atoms with Gasteiger partial charge in [-0.1, -0.05) is 44.5 Å². The third-order valence-corrected chi connectivity index (χ3v) is 7.66. The van der Waals surface area contributed by atoms with Crippen molar-refractivity contribution in [1.82, 2.24) is 29.3 Å². The maximum atomic E-state index is 12.8. The van der Waals surface area contributed by atoms with Crippen molar-refractivity contribution in [2.45, 2.75) is 71.5 Å². The van der Waals surface area contributed by atoms with Gasteiger partial charge >= 0.3 is 17.7 Å². The van der Waals surface area contributed by atoms with Crippen LogP contribution in [0.5, 0.6) is 6.01 Å². The number of carbonyl (C=O) groups is 1. The molecular weight excluding hydrogens is 510 g/mol. The quantitative estimate of drug-likeness (QED) is 0.228. The van der Waals surface area contributed by atoms with Crippen LogP contribution in [0.15, 0.2) is 29.1 Å². The summed E-state index contributed by atoms with van der Waals surface area (Å²) < 4.78 is 12.2. The van der Waals surface area contributed by atoms with Crippen molar-refractivity contribution in [3.8, 4) is 6.01 Å². The molecular formula is C29H43N7O4. The van der Waals surface area contributed by atoms with Crippen molar-refractivity contribution >= 4 is 23.0 Å². The molecule has 1 aromatic carbocycles. The average Bonchev–Trinajstić information content (AvgIpc) is 3.28. The zero-order chi connectivity index (χ0) is 28.5. The van der Waals surface area contributed by atoms with E-state index in [0.717, 1.165) is 76.0 Å². The largest absolute Gasteiger partial charge is 0.469 e. The summed E-state index contributed by atoms with van der Waals surface area (Å²) in [5.41, 5.74) is 8.90. The standard InChI is InChI=1S/C29H43N7O4/c1-4-6-17-40-28-32-26(30)25-27(33-28)36(29(38)31-25)14-8-13-35(23-11-15-34(5-2)16-12-23)20-22-10-7-9-21(18-22)19-24(37)39-3/h7,9-10,18,23H,4-6,8,11-17,19-20H2,1-3H3,(H,31,38)(H2,30,32,33). The Labute approximate surface area is 235 Å². The second kappa shape index (κ2) is 14.3. The number of ether oxygens (including phenoxy) is 2. The van der Waals surface area contributed by atoms with Crippen LogP contribution < -0.4 is 16.2 Å². The Morgan fingerprint density at radius 2 is 1.95 bits per heavy atom. The zero-order valence-electron chi connectivity index (χ0n) is 24.0. The van der Waals surface area contributed by atoms with E-state index in [1.54, 1.807) is 4.57 Å². The van der Waals surface area contributed by atoms with Crippen molar-refractivity contribution in [1.29, 1.82) is 0 Å². The average molecular weight is 554 g/mol. The number of piperidine rings is 1. The molecule has 3 heterocycles. The molecule has 1 saturated heterocycles. The smallest absolute Gasteiger partial charge is 0.327 e. The highest BCUT2D eigenvalue weighted by Crippen LogP contribution is 2.22. The first-order valence-corrected chi connectivity index (χ1v) is 14.4. The molecule has 0 spiro atoms. The number of imidazole rings is 1. The van der Waals surface area contributed by atoms with E-state index >= 15 is 0 Å². The number of carbonyl (C=O) groups excluding carboxylic acids is 1.